The summed E-state index contributed by atoms with van der Waals surface area (Å²) >= 11 is 3.39. The number of benzene rings is 1. The highest BCUT2D eigenvalue weighted by molar-refractivity contribution is 9.09. The Bertz CT molecular complexity index is 423. The van der Waals surface area contributed by atoms with Crippen LogP contribution in [0.2, 0.25) is 0 Å². The van der Waals surface area contributed by atoms with Crippen LogP contribution in [-0.2, 0) is 11.2 Å². The van der Waals surface area contributed by atoms with E-state index >= 15 is 0 Å². The molecule has 4 heteroatoms. The van der Waals surface area contributed by atoms with Crippen LogP contribution < -0.4 is 4.74 Å². The second kappa shape index (κ2) is 9.01. The van der Waals surface area contributed by atoms with Crippen LogP contribution in [0, 0.1) is 0 Å². The summed E-state index contributed by atoms with van der Waals surface area (Å²) in [7, 11) is 3.56. The average Bonchev–Trinajstić information content (AvgIpc) is 2.47. The first-order chi connectivity index (χ1) is 9.60. The van der Waals surface area contributed by atoms with E-state index in [1.165, 1.54) is 0 Å². The van der Waals surface area contributed by atoms with Crippen molar-refractivity contribution in [1.82, 2.24) is 4.90 Å². The molecule has 1 aromatic rings. The molecule has 3 nitrogen and oxygen atoms in total. The molecule has 0 aliphatic carbocycles. The highest BCUT2D eigenvalue weighted by Crippen LogP contribution is 2.20. The first-order valence-corrected chi connectivity index (χ1v) is 8.15. The molecular weight excluding hydrogens is 318 g/mol. The molecule has 112 valence electrons. The molecule has 0 aromatic heterocycles. The third-order valence-corrected chi connectivity index (χ3v) is 4.10. The number of halogens is 1. The van der Waals surface area contributed by atoms with Gasteiger partial charge in [-0.25, -0.2) is 0 Å². The summed E-state index contributed by atoms with van der Waals surface area (Å²) in [6, 6.07) is 8.14. The SMILES string of the molecule is COc1ccccc1CC(C)N(C)C(=O)CCCCBr. The van der Waals surface area contributed by atoms with Gasteiger partial charge in [0.25, 0.3) is 0 Å². The maximum Gasteiger partial charge on any atom is 0.222 e. The number of hydrogen-bond acceptors (Lipinski definition) is 2. The second-order valence-corrected chi connectivity index (χ2v) is 5.81. The number of ether oxygens (including phenoxy) is 1. The predicted molar refractivity (Wildman–Crippen MR) is 86.6 cm³/mol. The lowest BCUT2D eigenvalue weighted by atomic mass is 10.0. The van der Waals surface area contributed by atoms with Gasteiger partial charge < -0.3 is 9.64 Å². The first-order valence-electron chi connectivity index (χ1n) is 7.03. The van der Waals surface area contributed by atoms with Crippen LogP contribution in [0.15, 0.2) is 24.3 Å². The molecule has 0 fully saturated rings. The Kier molecular flexibility index (Phi) is 7.67. The summed E-state index contributed by atoms with van der Waals surface area (Å²) < 4.78 is 5.36. The van der Waals surface area contributed by atoms with Gasteiger partial charge in [-0.1, -0.05) is 34.1 Å². The summed E-state index contributed by atoms with van der Waals surface area (Å²) in [6.45, 7) is 2.08. The van der Waals surface area contributed by atoms with Gasteiger partial charge in [0.1, 0.15) is 5.75 Å². The van der Waals surface area contributed by atoms with Crippen molar-refractivity contribution in [2.45, 2.75) is 38.6 Å². The molecule has 0 saturated heterocycles. The zero-order valence-electron chi connectivity index (χ0n) is 12.6. The normalized spacial score (nSPS) is 12.0. The molecular formula is C16H24BrNO2. The molecule has 1 rings (SSSR count). The smallest absolute Gasteiger partial charge is 0.222 e. The zero-order chi connectivity index (χ0) is 15.0. The van der Waals surface area contributed by atoms with Crippen molar-refractivity contribution in [1.29, 1.82) is 0 Å². The molecule has 0 saturated carbocycles. The van der Waals surface area contributed by atoms with E-state index in [1.54, 1.807) is 7.11 Å². The molecule has 0 spiro atoms. The van der Waals surface area contributed by atoms with Crippen LogP contribution in [0.5, 0.6) is 5.75 Å². The Balaban J connectivity index is 2.56. The third kappa shape index (κ3) is 5.16. The van der Waals surface area contributed by atoms with Crippen LogP contribution in [0.1, 0.15) is 31.7 Å². The van der Waals surface area contributed by atoms with Crippen molar-refractivity contribution in [2.75, 3.05) is 19.5 Å². The number of nitrogens with zero attached hydrogens (tertiary/aromatic N) is 1. The number of likely N-dealkylation sites (N-methyl/N-ethyl adjacent to an activating group) is 1. The van der Waals surface area contributed by atoms with Crippen molar-refractivity contribution >= 4 is 21.8 Å². The van der Waals surface area contributed by atoms with Crippen LogP contribution in [-0.4, -0.2) is 36.3 Å². The zero-order valence-corrected chi connectivity index (χ0v) is 14.1. The minimum Gasteiger partial charge on any atom is -0.496 e. The molecule has 0 N–H and O–H groups in total. The van der Waals surface area contributed by atoms with E-state index in [0.29, 0.717) is 6.42 Å². The Morgan fingerprint density at radius 3 is 2.70 bits per heavy atom. The number of rotatable bonds is 8. The Morgan fingerprint density at radius 1 is 1.35 bits per heavy atom. The topological polar surface area (TPSA) is 29.5 Å². The molecule has 0 bridgehead atoms. The number of alkyl halides is 1. The number of carbonyl (C=O) groups excluding carboxylic acids is 1. The summed E-state index contributed by atoms with van der Waals surface area (Å²) in [4.78, 5) is 13.9. The van der Waals surface area contributed by atoms with Gasteiger partial charge in [0, 0.05) is 24.8 Å². The van der Waals surface area contributed by atoms with Gasteiger partial charge in [0.05, 0.1) is 7.11 Å². The summed E-state index contributed by atoms with van der Waals surface area (Å²) in [6.07, 6.45) is 3.42. The molecule has 1 amide bonds. The van der Waals surface area contributed by atoms with E-state index in [-0.39, 0.29) is 11.9 Å². The first kappa shape index (κ1) is 17.0. The maximum absolute atomic E-state index is 12.1. The number of hydrogen-bond donors (Lipinski definition) is 0. The lowest BCUT2D eigenvalue weighted by Crippen LogP contribution is -2.36. The summed E-state index contributed by atoms with van der Waals surface area (Å²) in [5.74, 6) is 1.10. The van der Waals surface area contributed by atoms with Gasteiger partial charge >= 0.3 is 0 Å². The minimum absolute atomic E-state index is 0.169. The maximum atomic E-state index is 12.1. The quantitative estimate of drug-likeness (QED) is 0.533. The molecule has 0 heterocycles. The number of carbonyl (C=O) groups is 1. The predicted octanol–water partition coefficient (Wildman–Crippen LogP) is 3.65. The van der Waals surface area contributed by atoms with Gasteiger partial charge in [0.15, 0.2) is 0 Å². The Morgan fingerprint density at radius 2 is 2.05 bits per heavy atom. The number of methoxy groups -OCH3 is 1. The highest BCUT2D eigenvalue weighted by Gasteiger charge is 2.17. The standard InChI is InChI=1S/C16H24BrNO2/c1-13(18(2)16(19)10-6-7-11-17)12-14-8-4-5-9-15(14)20-3/h4-5,8-9,13H,6-7,10-12H2,1-3H3. The van der Waals surface area contributed by atoms with Gasteiger partial charge in [-0.15, -0.1) is 0 Å². The molecule has 1 unspecified atom stereocenters. The fourth-order valence-electron chi connectivity index (χ4n) is 2.12. The van der Waals surface area contributed by atoms with Crippen molar-refractivity contribution in [3.05, 3.63) is 29.8 Å². The van der Waals surface area contributed by atoms with Crippen LogP contribution in [0.4, 0.5) is 0 Å². The largest absolute Gasteiger partial charge is 0.496 e. The van der Waals surface area contributed by atoms with Crippen LogP contribution in [0.3, 0.4) is 0 Å². The lowest BCUT2D eigenvalue weighted by Gasteiger charge is -2.25. The van der Waals surface area contributed by atoms with Gasteiger partial charge in [-0.2, -0.15) is 0 Å². The van der Waals surface area contributed by atoms with Crippen LogP contribution >= 0.6 is 15.9 Å². The van der Waals surface area contributed by atoms with Crippen molar-refractivity contribution in [2.24, 2.45) is 0 Å². The third-order valence-electron chi connectivity index (χ3n) is 3.54. The molecule has 0 aliphatic heterocycles. The minimum atomic E-state index is 0.169. The molecule has 20 heavy (non-hydrogen) atoms. The number of amides is 1. The lowest BCUT2D eigenvalue weighted by molar-refractivity contribution is -0.131. The highest BCUT2D eigenvalue weighted by atomic mass is 79.9. The van der Waals surface area contributed by atoms with E-state index in [2.05, 4.69) is 28.9 Å². The molecule has 1 atom stereocenters. The molecule has 0 radical (unpaired) electrons. The van der Waals surface area contributed by atoms with Crippen molar-refractivity contribution in [3.63, 3.8) is 0 Å². The average molecular weight is 342 g/mol. The second-order valence-electron chi connectivity index (χ2n) is 5.02. The van der Waals surface area contributed by atoms with E-state index in [4.69, 9.17) is 4.74 Å². The van der Waals surface area contributed by atoms with Gasteiger partial charge in [-0.3, -0.25) is 4.79 Å². The van der Waals surface area contributed by atoms with Crippen molar-refractivity contribution in [3.8, 4) is 5.75 Å². The monoisotopic (exact) mass is 341 g/mol. The van der Waals surface area contributed by atoms with E-state index in [0.717, 1.165) is 35.9 Å². The fraction of sp³-hybridized carbons (Fsp3) is 0.562. The van der Waals surface area contributed by atoms with Gasteiger partial charge in [-0.05, 0) is 37.8 Å². The van der Waals surface area contributed by atoms with Crippen LogP contribution in [0.25, 0.3) is 0 Å². The molecule has 0 aliphatic rings. The number of unbranched alkanes of at least 4 members (excludes halogenated alkanes) is 1. The van der Waals surface area contributed by atoms with Crippen molar-refractivity contribution < 1.29 is 9.53 Å². The van der Waals surface area contributed by atoms with E-state index in [1.807, 2.05) is 30.1 Å². The fourth-order valence-corrected chi connectivity index (χ4v) is 2.52. The number of para-hydroxylation sites is 1. The summed E-state index contributed by atoms with van der Waals surface area (Å²) in [5.41, 5.74) is 1.14. The summed E-state index contributed by atoms with van der Waals surface area (Å²) in [5, 5.41) is 0.959. The van der Waals surface area contributed by atoms with Gasteiger partial charge in [0.2, 0.25) is 5.91 Å². The Labute approximate surface area is 130 Å². The van der Waals surface area contributed by atoms with E-state index in [9.17, 15) is 4.79 Å². The Hall–Kier alpha value is -1.03. The molecule has 1 aromatic carbocycles. The van der Waals surface area contributed by atoms with E-state index < -0.39 is 0 Å².